The molecule has 1 aliphatic heterocycles. The van der Waals surface area contributed by atoms with Crippen LogP contribution in [0.3, 0.4) is 0 Å². The summed E-state index contributed by atoms with van der Waals surface area (Å²) in [6, 6.07) is 0. The summed E-state index contributed by atoms with van der Waals surface area (Å²) in [6.07, 6.45) is 3.22. The molecule has 1 heterocycles. The maximum absolute atomic E-state index is 6.40. The minimum absolute atomic E-state index is 0. The Kier molecular flexibility index (Phi) is 6.07. The molecule has 0 saturated carbocycles. The van der Waals surface area contributed by atoms with Crippen molar-refractivity contribution in [3.63, 3.8) is 0 Å². The molecule has 15 heavy (non-hydrogen) atoms. The van der Waals surface area contributed by atoms with Gasteiger partial charge in [0.2, 0.25) is 0 Å². The van der Waals surface area contributed by atoms with E-state index in [2.05, 4.69) is 46.1 Å². The van der Waals surface area contributed by atoms with Crippen LogP contribution in [-0.2, 0) is 32.7 Å². The molecular weight excluding hydrogens is 258 g/mol. The maximum atomic E-state index is 6.40. The van der Waals surface area contributed by atoms with Crippen molar-refractivity contribution in [2.45, 2.75) is 32.5 Å². The van der Waals surface area contributed by atoms with E-state index in [1.165, 1.54) is 0 Å². The molecule has 1 aliphatic rings. The van der Waals surface area contributed by atoms with E-state index in [9.17, 15) is 0 Å². The van der Waals surface area contributed by atoms with Gasteiger partial charge < -0.3 is 18.2 Å². The number of nitrogens with zero attached hydrogens (tertiary/aromatic N) is 1. The molecule has 0 aliphatic carbocycles. The summed E-state index contributed by atoms with van der Waals surface area (Å²) < 4.78 is 0. The number of hydrogen-bond donors (Lipinski definition) is 0. The minimum atomic E-state index is -0.189. The van der Waals surface area contributed by atoms with Gasteiger partial charge in [0, 0.05) is 39.3 Å². The molecule has 0 amide bonds. The van der Waals surface area contributed by atoms with Crippen molar-refractivity contribution in [2.75, 3.05) is 20.1 Å². The predicted octanol–water partition coefficient (Wildman–Crippen LogP) is 2.35. The molecule has 0 N–H and O–H groups in total. The molecule has 1 nitrogen and oxygen atoms in total. The summed E-state index contributed by atoms with van der Waals surface area (Å²) in [7, 11) is 8.55. The van der Waals surface area contributed by atoms with Crippen molar-refractivity contribution < 1.29 is 32.7 Å². The first-order valence-corrected chi connectivity index (χ1v) is 5.44. The van der Waals surface area contributed by atoms with Crippen molar-refractivity contribution in [1.82, 2.24) is 4.90 Å². The van der Waals surface area contributed by atoms with E-state index in [1.54, 1.807) is 0 Å². The van der Waals surface area contributed by atoms with Gasteiger partial charge in [-0.1, -0.05) is 26.8 Å². The van der Waals surface area contributed by atoms with Crippen LogP contribution in [0.15, 0.2) is 0 Å². The molecule has 1 rings (SSSR count). The van der Waals surface area contributed by atoms with Crippen LogP contribution in [0, 0.1) is 24.7 Å². The van der Waals surface area contributed by atoms with Gasteiger partial charge in [0.25, 0.3) is 0 Å². The van der Waals surface area contributed by atoms with Gasteiger partial charge in [-0.15, -0.1) is 5.31 Å². The molecule has 0 aromatic carbocycles. The minimum Gasteiger partial charge on any atom is -0.365 e. The van der Waals surface area contributed by atoms with Crippen LogP contribution in [0.2, 0.25) is 5.31 Å². The fraction of sp³-hybridized carbons (Fsp3) is 0.833. The van der Waals surface area contributed by atoms with E-state index < -0.39 is 0 Å². The molecule has 3 unspecified atom stereocenters. The first kappa shape index (κ1) is 16.1. The third kappa shape index (κ3) is 3.54. The van der Waals surface area contributed by atoms with E-state index in [4.69, 9.17) is 7.85 Å². The topological polar surface area (TPSA) is 3.24 Å². The van der Waals surface area contributed by atoms with Crippen LogP contribution >= 0.6 is 0 Å². The normalized spacial score (nSPS) is 43.1. The van der Waals surface area contributed by atoms with E-state index >= 15 is 0 Å². The molecular formula is C12H22BNY-2. The number of rotatable bonds is 1. The third-order valence-electron chi connectivity index (χ3n) is 3.64. The first-order chi connectivity index (χ1) is 6.31. The van der Waals surface area contributed by atoms with Crippen LogP contribution in [0.5, 0.6) is 0 Å². The first-order valence-electron chi connectivity index (χ1n) is 5.44. The summed E-state index contributed by atoms with van der Waals surface area (Å²) in [5.74, 6) is 0.651. The summed E-state index contributed by atoms with van der Waals surface area (Å²) >= 11 is 0. The summed E-state index contributed by atoms with van der Waals surface area (Å²) in [6.45, 7) is 12.9. The van der Waals surface area contributed by atoms with Gasteiger partial charge in [-0.25, -0.2) is 0 Å². The van der Waals surface area contributed by atoms with Crippen molar-refractivity contribution in [2.24, 2.45) is 11.3 Å². The monoisotopic (exact) mass is 280 g/mol. The zero-order chi connectivity index (χ0) is 11.0. The maximum Gasteiger partial charge on any atom is 0.0682 e. The zero-order valence-corrected chi connectivity index (χ0v) is 13.4. The summed E-state index contributed by atoms with van der Waals surface area (Å²) in [5.41, 5.74) is -0.119. The van der Waals surface area contributed by atoms with E-state index in [0.717, 1.165) is 19.5 Å². The second-order valence-electron chi connectivity index (χ2n) is 5.37. The van der Waals surface area contributed by atoms with Crippen molar-refractivity contribution in [3.05, 3.63) is 13.3 Å². The Bertz CT molecular complexity index is 208. The summed E-state index contributed by atoms with van der Waals surface area (Å²) in [5, 5.41) is -0.189. The van der Waals surface area contributed by atoms with Gasteiger partial charge >= 0.3 is 0 Å². The molecule has 0 aromatic rings. The van der Waals surface area contributed by atoms with Crippen LogP contribution in [0.1, 0.15) is 27.2 Å². The van der Waals surface area contributed by atoms with Crippen molar-refractivity contribution >= 4 is 7.85 Å². The molecule has 0 aromatic heterocycles. The molecule has 3 heteroatoms. The average molecular weight is 280 g/mol. The van der Waals surface area contributed by atoms with E-state index in [-0.39, 0.29) is 43.4 Å². The molecule has 0 bridgehead atoms. The van der Waals surface area contributed by atoms with Crippen LogP contribution in [-0.4, -0.2) is 32.9 Å². The Morgan fingerprint density at radius 1 is 1.53 bits per heavy atom. The van der Waals surface area contributed by atoms with E-state index in [0.29, 0.717) is 5.92 Å². The van der Waals surface area contributed by atoms with Crippen molar-refractivity contribution in [3.8, 4) is 0 Å². The molecule has 3 radical (unpaired) electrons. The standard InChI is InChI=1S/C12H22BN.Y/c1-6-11(3)9-14(5)8-10(2)7-12(11,4)13;/h6,10H,3,7-9H2,1-2,4-5H3;/q-2;. The quantitative estimate of drug-likeness (QED) is 0.526. The fourth-order valence-corrected chi connectivity index (χ4v) is 2.67. The smallest absolute Gasteiger partial charge is 0.0682 e. The van der Waals surface area contributed by atoms with Gasteiger partial charge in [0.1, 0.15) is 0 Å². The Morgan fingerprint density at radius 3 is 2.53 bits per heavy atom. The molecule has 83 valence electrons. The van der Waals surface area contributed by atoms with Gasteiger partial charge in [0.15, 0.2) is 0 Å². The second-order valence-corrected chi connectivity index (χ2v) is 5.37. The SMILES string of the molecule is [B]C1(C)CC(C)CN(C)CC1([CH2-])[CH-]C.[Y]. The van der Waals surface area contributed by atoms with Crippen LogP contribution < -0.4 is 0 Å². The van der Waals surface area contributed by atoms with Gasteiger partial charge in [-0.05, 0) is 13.0 Å². The molecule has 1 saturated heterocycles. The Balaban J connectivity index is 0.00000196. The summed E-state index contributed by atoms with van der Waals surface area (Å²) in [4.78, 5) is 2.34. The average Bonchev–Trinajstić information content (AvgIpc) is 2.07. The molecule has 1 fully saturated rings. The van der Waals surface area contributed by atoms with Gasteiger partial charge in [0.05, 0.1) is 7.85 Å². The van der Waals surface area contributed by atoms with Crippen LogP contribution in [0.4, 0.5) is 0 Å². The third-order valence-corrected chi connectivity index (χ3v) is 3.64. The predicted molar refractivity (Wildman–Crippen MR) is 63.2 cm³/mol. The molecule has 3 atom stereocenters. The number of hydrogen-bond acceptors (Lipinski definition) is 1. The van der Waals surface area contributed by atoms with Crippen molar-refractivity contribution in [1.29, 1.82) is 0 Å². The largest absolute Gasteiger partial charge is 0.365 e. The van der Waals surface area contributed by atoms with Crippen LogP contribution in [0.25, 0.3) is 0 Å². The van der Waals surface area contributed by atoms with Gasteiger partial charge in [-0.3, -0.25) is 5.41 Å². The Labute approximate surface area is 122 Å². The molecule has 0 spiro atoms. The Morgan fingerprint density at radius 2 is 2.07 bits per heavy atom. The zero-order valence-electron chi connectivity index (χ0n) is 10.6. The fourth-order valence-electron chi connectivity index (χ4n) is 2.67. The van der Waals surface area contributed by atoms with Gasteiger partial charge in [-0.2, -0.15) is 6.92 Å². The Hall–Kier alpha value is 1.13. The van der Waals surface area contributed by atoms with E-state index in [1.807, 2.05) is 0 Å². The number of likely N-dealkylation sites (tertiary alicyclic amines) is 1. The second kappa shape index (κ2) is 5.65.